The summed E-state index contributed by atoms with van der Waals surface area (Å²) in [6.07, 6.45) is -0.758. The molecular formula is C15H15FN2O3. The normalized spacial score (nSPS) is 12.1. The quantitative estimate of drug-likeness (QED) is 0.633. The van der Waals surface area contributed by atoms with Gasteiger partial charge in [0.25, 0.3) is 5.69 Å². The summed E-state index contributed by atoms with van der Waals surface area (Å²) in [5.74, 6) is -0.287. The van der Waals surface area contributed by atoms with E-state index in [0.29, 0.717) is 18.7 Å². The molecule has 0 aliphatic carbocycles. The number of hydrogen-bond acceptors (Lipinski definition) is 4. The molecule has 0 aromatic heterocycles. The van der Waals surface area contributed by atoms with Gasteiger partial charge in [-0.25, -0.2) is 4.39 Å². The molecule has 2 aromatic carbocycles. The van der Waals surface area contributed by atoms with Crippen LogP contribution in [0.4, 0.5) is 10.1 Å². The zero-order chi connectivity index (χ0) is 15.2. The number of aliphatic hydroxyl groups excluding tert-OH is 1. The fourth-order valence-corrected chi connectivity index (χ4v) is 1.89. The number of hydrogen-bond donors (Lipinski definition) is 2. The summed E-state index contributed by atoms with van der Waals surface area (Å²) in [6, 6.07) is 11.9. The van der Waals surface area contributed by atoms with Crippen molar-refractivity contribution in [3.05, 3.63) is 75.6 Å². The van der Waals surface area contributed by atoms with Crippen LogP contribution in [0.25, 0.3) is 0 Å². The molecule has 0 aliphatic rings. The zero-order valence-electron chi connectivity index (χ0n) is 11.2. The Balaban J connectivity index is 1.85. The maximum absolute atomic E-state index is 12.7. The minimum atomic E-state index is -0.758. The van der Waals surface area contributed by atoms with Gasteiger partial charge in [-0.1, -0.05) is 12.1 Å². The minimum absolute atomic E-state index is 0.00905. The first-order chi connectivity index (χ1) is 10.1. The second-order valence-electron chi connectivity index (χ2n) is 4.62. The molecule has 0 aliphatic heterocycles. The Morgan fingerprint density at radius 2 is 1.76 bits per heavy atom. The van der Waals surface area contributed by atoms with Gasteiger partial charge in [-0.15, -0.1) is 0 Å². The summed E-state index contributed by atoms with van der Waals surface area (Å²) in [7, 11) is 0. The van der Waals surface area contributed by atoms with Gasteiger partial charge in [0.1, 0.15) is 5.82 Å². The summed E-state index contributed by atoms with van der Waals surface area (Å²) < 4.78 is 12.7. The van der Waals surface area contributed by atoms with E-state index >= 15 is 0 Å². The molecule has 1 atom stereocenters. The van der Waals surface area contributed by atoms with Gasteiger partial charge >= 0.3 is 0 Å². The molecule has 0 saturated carbocycles. The van der Waals surface area contributed by atoms with E-state index in [1.54, 1.807) is 12.1 Å². The Labute approximate surface area is 121 Å². The van der Waals surface area contributed by atoms with Crippen molar-refractivity contribution < 1.29 is 14.4 Å². The number of nitrogens with zero attached hydrogens (tertiary/aromatic N) is 1. The number of aliphatic hydroxyl groups is 1. The maximum Gasteiger partial charge on any atom is 0.269 e. The Morgan fingerprint density at radius 1 is 1.14 bits per heavy atom. The first kappa shape index (κ1) is 15.1. The summed E-state index contributed by atoms with van der Waals surface area (Å²) in [5.41, 5.74) is 1.50. The number of non-ortho nitro benzene ring substituents is 1. The molecule has 0 heterocycles. The summed E-state index contributed by atoms with van der Waals surface area (Å²) >= 11 is 0. The van der Waals surface area contributed by atoms with E-state index in [1.807, 2.05) is 0 Å². The lowest BCUT2D eigenvalue weighted by atomic mass is 10.1. The lowest BCUT2D eigenvalue weighted by Gasteiger charge is -2.12. The van der Waals surface area contributed by atoms with E-state index in [0.717, 1.165) is 5.56 Å². The zero-order valence-corrected chi connectivity index (χ0v) is 11.2. The predicted octanol–water partition coefficient (Wildman–Crippen LogP) is 2.56. The number of nitrogens with one attached hydrogen (secondary N) is 1. The monoisotopic (exact) mass is 290 g/mol. The molecule has 0 fully saturated rings. The Hall–Kier alpha value is -2.31. The standard InChI is InChI=1S/C15H15FN2O3/c16-13-5-1-11(2-6-13)9-17-10-15(19)12-3-7-14(8-4-12)18(20)21/h1-8,15,17,19H,9-10H2. The fourth-order valence-electron chi connectivity index (χ4n) is 1.89. The van der Waals surface area contributed by atoms with E-state index in [-0.39, 0.29) is 11.5 Å². The topological polar surface area (TPSA) is 75.4 Å². The third-order valence-electron chi connectivity index (χ3n) is 3.07. The summed E-state index contributed by atoms with van der Waals surface area (Å²) in [5, 5.41) is 23.6. The minimum Gasteiger partial charge on any atom is -0.387 e. The van der Waals surface area contributed by atoms with Crippen molar-refractivity contribution in [1.29, 1.82) is 0 Å². The molecule has 0 spiro atoms. The van der Waals surface area contributed by atoms with E-state index in [1.165, 1.54) is 36.4 Å². The van der Waals surface area contributed by atoms with Crippen LogP contribution in [0.1, 0.15) is 17.2 Å². The van der Waals surface area contributed by atoms with Gasteiger partial charge in [0.15, 0.2) is 0 Å². The lowest BCUT2D eigenvalue weighted by Crippen LogP contribution is -2.21. The average molecular weight is 290 g/mol. The van der Waals surface area contributed by atoms with Gasteiger partial charge in [-0.05, 0) is 35.4 Å². The highest BCUT2D eigenvalue weighted by atomic mass is 19.1. The van der Waals surface area contributed by atoms with Gasteiger partial charge in [0, 0.05) is 25.2 Å². The number of rotatable bonds is 6. The molecule has 0 amide bonds. The van der Waals surface area contributed by atoms with Gasteiger partial charge in [-0.2, -0.15) is 0 Å². The van der Waals surface area contributed by atoms with E-state index in [4.69, 9.17) is 0 Å². The van der Waals surface area contributed by atoms with Crippen LogP contribution in [0.5, 0.6) is 0 Å². The molecule has 6 heteroatoms. The third kappa shape index (κ3) is 4.34. The van der Waals surface area contributed by atoms with E-state index < -0.39 is 11.0 Å². The van der Waals surface area contributed by atoms with Crippen LogP contribution in [0, 0.1) is 15.9 Å². The molecule has 2 N–H and O–H groups in total. The smallest absolute Gasteiger partial charge is 0.269 e. The summed E-state index contributed by atoms with van der Waals surface area (Å²) in [6.45, 7) is 0.805. The molecule has 1 unspecified atom stereocenters. The van der Waals surface area contributed by atoms with E-state index in [2.05, 4.69) is 5.32 Å². The Kier molecular flexibility index (Phi) is 4.97. The van der Waals surface area contributed by atoms with Crippen molar-refractivity contribution in [1.82, 2.24) is 5.32 Å². The first-order valence-electron chi connectivity index (χ1n) is 6.44. The fraction of sp³-hybridized carbons (Fsp3) is 0.200. The van der Waals surface area contributed by atoms with Crippen LogP contribution in [-0.4, -0.2) is 16.6 Å². The average Bonchev–Trinajstić information content (AvgIpc) is 2.49. The van der Waals surface area contributed by atoms with Crippen molar-refractivity contribution in [2.75, 3.05) is 6.54 Å². The molecule has 110 valence electrons. The van der Waals surface area contributed by atoms with Crippen LogP contribution >= 0.6 is 0 Å². The van der Waals surface area contributed by atoms with Gasteiger partial charge in [0.05, 0.1) is 11.0 Å². The highest BCUT2D eigenvalue weighted by Crippen LogP contribution is 2.17. The van der Waals surface area contributed by atoms with Crippen molar-refractivity contribution in [2.24, 2.45) is 0 Å². The molecule has 21 heavy (non-hydrogen) atoms. The lowest BCUT2D eigenvalue weighted by molar-refractivity contribution is -0.384. The molecule has 0 saturated heterocycles. The first-order valence-corrected chi connectivity index (χ1v) is 6.44. The molecule has 5 nitrogen and oxygen atoms in total. The van der Waals surface area contributed by atoms with Crippen molar-refractivity contribution in [3.63, 3.8) is 0 Å². The number of nitro groups is 1. The molecule has 0 bridgehead atoms. The van der Waals surface area contributed by atoms with Crippen LogP contribution in [0.3, 0.4) is 0 Å². The van der Waals surface area contributed by atoms with Gasteiger partial charge in [-0.3, -0.25) is 10.1 Å². The maximum atomic E-state index is 12.7. The Morgan fingerprint density at radius 3 is 2.33 bits per heavy atom. The van der Waals surface area contributed by atoms with Crippen molar-refractivity contribution in [2.45, 2.75) is 12.6 Å². The molecule has 0 radical (unpaired) electrons. The highest BCUT2D eigenvalue weighted by molar-refractivity contribution is 5.33. The van der Waals surface area contributed by atoms with Crippen molar-refractivity contribution >= 4 is 5.69 Å². The SMILES string of the molecule is O=[N+]([O-])c1ccc(C(O)CNCc2ccc(F)cc2)cc1. The second-order valence-corrected chi connectivity index (χ2v) is 4.62. The summed E-state index contributed by atoms with van der Waals surface area (Å²) in [4.78, 5) is 10.1. The van der Waals surface area contributed by atoms with Crippen molar-refractivity contribution in [3.8, 4) is 0 Å². The van der Waals surface area contributed by atoms with E-state index in [9.17, 15) is 19.6 Å². The number of halogens is 1. The van der Waals surface area contributed by atoms with Gasteiger partial charge < -0.3 is 10.4 Å². The predicted molar refractivity (Wildman–Crippen MR) is 76.2 cm³/mol. The third-order valence-corrected chi connectivity index (χ3v) is 3.07. The highest BCUT2D eigenvalue weighted by Gasteiger charge is 2.10. The largest absolute Gasteiger partial charge is 0.387 e. The molecular weight excluding hydrogens is 275 g/mol. The van der Waals surface area contributed by atoms with Crippen LogP contribution in [-0.2, 0) is 6.54 Å². The van der Waals surface area contributed by atoms with Crippen LogP contribution in [0.2, 0.25) is 0 Å². The molecule has 2 rings (SSSR count). The van der Waals surface area contributed by atoms with Crippen LogP contribution < -0.4 is 5.32 Å². The second kappa shape index (κ2) is 6.92. The van der Waals surface area contributed by atoms with Gasteiger partial charge in [0.2, 0.25) is 0 Å². The van der Waals surface area contributed by atoms with Crippen LogP contribution in [0.15, 0.2) is 48.5 Å². The number of nitro benzene ring substituents is 1. The molecule has 2 aromatic rings. The Bertz CT molecular complexity index is 599. The number of benzene rings is 2.